The van der Waals surface area contributed by atoms with Crippen LogP contribution in [0.2, 0.25) is 0 Å². The topological polar surface area (TPSA) is 26.3 Å². The Labute approximate surface area is 107 Å². The fourth-order valence-corrected chi connectivity index (χ4v) is 1.51. The normalized spacial score (nSPS) is 10.4. The van der Waals surface area contributed by atoms with Crippen LogP contribution < -0.4 is 0 Å². The van der Waals surface area contributed by atoms with Crippen LogP contribution in [0.3, 0.4) is 0 Å². The Morgan fingerprint density at radius 2 is 1.56 bits per heavy atom. The maximum atomic E-state index is 11.5. The summed E-state index contributed by atoms with van der Waals surface area (Å²) in [5.41, 5.74) is 1.97. The molecule has 90 valence electrons. The molecule has 0 fully saturated rings. The van der Waals surface area contributed by atoms with Gasteiger partial charge in [0.1, 0.15) is 6.61 Å². The molecule has 0 bridgehead atoms. The number of benzene rings is 2. The first kappa shape index (κ1) is 12.1. The third-order valence-electron chi connectivity index (χ3n) is 2.44. The monoisotopic (exact) mass is 238 g/mol. The molecule has 0 saturated heterocycles. The Hall–Kier alpha value is -2.35. The van der Waals surface area contributed by atoms with Crippen LogP contribution in [0.4, 0.5) is 0 Å². The van der Waals surface area contributed by atoms with Crippen LogP contribution in [0, 0.1) is 0 Å². The van der Waals surface area contributed by atoms with Gasteiger partial charge in [0.2, 0.25) is 0 Å². The van der Waals surface area contributed by atoms with E-state index < -0.39 is 0 Å². The molecular formula is C16H14O2. The predicted molar refractivity (Wildman–Crippen MR) is 71.7 cm³/mol. The maximum Gasteiger partial charge on any atom is 0.331 e. The number of carbonyl (C=O) groups excluding carboxylic acids is 1. The smallest absolute Gasteiger partial charge is 0.331 e. The van der Waals surface area contributed by atoms with Gasteiger partial charge in [-0.05, 0) is 17.2 Å². The van der Waals surface area contributed by atoms with Crippen molar-refractivity contribution in [2.45, 2.75) is 6.61 Å². The molecule has 0 aliphatic rings. The van der Waals surface area contributed by atoms with Gasteiger partial charge < -0.3 is 4.74 Å². The van der Waals surface area contributed by atoms with E-state index in [-0.39, 0.29) is 5.97 Å². The van der Waals surface area contributed by atoms with Crippen molar-refractivity contribution in [1.82, 2.24) is 0 Å². The Morgan fingerprint density at radius 1 is 0.944 bits per heavy atom. The van der Waals surface area contributed by atoms with Crippen LogP contribution in [0.25, 0.3) is 6.08 Å². The average Bonchev–Trinajstić information content (AvgIpc) is 2.45. The van der Waals surface area contributed by atoms with Gasteiger partial charge in [-0.3, -0.25) is 0 Å². The largest absolute Gasteiger partial charge is 0.458 e. The molecule has 2 rings (SSSR count). The van der Waals surface area contributed by atoms with Crippen molar-refractivity contribution < 1.29 is 9.53 Å². The van der Waals surface area contributed by atoms with Gasteiger partial charge in [0.15, 0.2) is 0 Å². The first-order valence-corrected chi connectivity index (χ1v) is 5.78. The minimum atomic E-state index is -0.331. The second-order valence-electron chi connectivity index (χ2n) is 3.84. The maximum absolute atomic E-state index is 11.5. The number of ether oxygens (including phenoxy) is 1. The second kappa shape index (κ2) is 6.40. The van der Waals surface area contributed by atoms with Gasteiger partial charge in [0.05, 0.1) is 0 Å². The van der Waals surface area contributed by atoms with Gasteiger partial charge in [-0.1, -0.05) is 60.7 Å². The minimum absolute atomic E-state index is 0.304. The van der Waals surface area contributed by atoms with E-state index in [9.17, 15) is 4.79 Å². The van der Waals surface area contributed by atoms with Crippen molar-refractivity contribution >= 4 is 12.0 Å². The SMILES string of the molecule is O=C(C=Cc1ccccc1)OCc1ccccc1. The van der Waals surface area contributed by atoms with Gasteiger partial charge >= 0.3 is 5.97 Å². The first-order valence-electron chi connectivity index (χ1n) is 5.78. The molecule has 0 atom stereocenters. The molecule has 2 heteroatoms. The lowest BCUT2D eigenvalue weighted by Gasteiger charge is -2.01. The number of hydrogen-bond acceptors (Lipinski definition) is 2. The zero-order chi connectivity index (χ0) is 12.6. The molecule has 0 heterocycles. The van der Waals surface area contributed by atoms with Gasteiger partial charge in [0.25, 0.3) is 0 Å². The molecule has 0 N–H and O–H groups in total. The van der Waals surface area contributed by atoms with Crippen LogP contribution in [-0.2, 0) is 16.1 Å². The molecule has 2 aromatic rings. The predicted octanol–water partition coefficient (Wildman–Crippen LogP) is 3.44. The summed E-state index contributed by atoms with van der Waals surface area (Å²) in [6, 6.07) is 19.3. The molecular weight excluding hydrogens is 224 g/mol. The molecule has 2 nitrogen and oxygen atoms in total. The third kappa shape index (κ3) is 3.91. The minimum Gasteiger partial charge on any atom is -0.458 e. The van der Waals surface area contributed by atoms with Crippen molar-refractivity contribution in [2.75, 3.05) is 0 Å². The number of rotatable bonds is 4. The van der Waals surface area contributed by atoms with Crippen molar-refractivity contribution in [2.24, 2.45) is 0 Å². The van der Waals surface area contributed by atoms with Gasteiger partial charge in [-0.2, -0.15) is 0 Å². The van der Waals surface area contributed by atoms with Crippen molar-refractivity contribution in [3.8, 4) is 0 Å². The Bertz CT molecular complexity index is 515. The van der Waals surface area contributed by atoms with Crippen molar-refractivity contribution in [3.05, 3.63) is 77.9 Å². The van der Waals surface area contributed by atoms with Gasteiger partial charge in [0, 0.05) is 6.08 Å². The molecule has 2 aromatic carbocycles. The summed E-state index contributed by atoms with van der Waals surface area (Å²) in [4.78, 5) is 11.5. The van der Waals surface area contributed by atoms with E-state index in [1.54, 1.807) is 6.08 Å². The third-order valence-corrected chi connectivity index (χ3v) is 2.44. The summed E-state index contributed by atoms with van der Waals surface area (Å²) in [5.74, 6) is -0.331. The summed E-state index contributed by atoms with van der Waals surface area (Å²) >= 11 is 0. The van der Waals surface area contributed by atoms with E-state index in [1.165, 1.54) is 6.08 Å². The number of esters is 1. The highest BCUT2D eigenvalue weighted by Crippen LogP contribution is 2.03. The molecule has 0 aliphatic heterocycles. The van der Waals surface area contributed by atoms with Crippen LogP contribution >= 0.6 is 0 Å². The number of hydrogen-bond donors (Lipinski definition) is 0. The Balaban J connectivity index is 1.84. The van der Waals surface area contributed by atoms with Crippen LogP contribution in [-0.4, -0.2) is 5.97 Å². The van der Waals surface area contributed by atoms with Gasteiger partial charge in [-0.25, -0.2) is 4.79 Å². The van der Waals surface area contributed by atoms with Crippen molar-refractivity contribution in [1.29, 1.82) is 0 Å². The summed E-state index contributed by atoms with van der Waals surface area (Å²) in [6.07, 6.45) is 3.19. The molecule has 0 aromatic heterocycles. The highest BCUT2D eigenvalue weighted by atomic mass is 16.5. The van der Waals surface area contributed by atoms with Crippen molar-refractivity contribution in [3.63, 3.8) is 0 Å². The quantitative estimate of drug-likeness (QED) is 0.602. The zero-order valence-electron chi connectivity index (χ0n) is 9.95. The molecule has 0 unspecified atom stereocenters. The first-order chi connectivity index (χ1) is 8.84. The van der Waals surface area contributed by atoms with E-state index in [1.807, 2.05) is 60.7 Å². The fourth-order valence-electron chi connectivity index (χ4n) is 1.51. The summed E-state index contributed by atoms with van der Waals surface area (Å²) in [5, 5.41) is 0. The van der Waals surface area contributed by atoms with E-state index in [4.69, 9.17) is 4.74 Å². The number of carbonyl (C=O) groups is 1. The molecule has 0 radical (unpaired) electrons. The van der Waals surface area contributed by atoms with E-state index >= 15 is 0 Å². The summed E-state index contributed by atoms with van der Waals surface area (Å²) < 4.78 is 5.12. The Kier molecular flexibility index (Phi) is 4.31. The second-order valence-corrected chi connectivity index (χ2v) is 3.84. The van der Waals surface area contributed by atoms with E-state index in [0.29, 0.717) is 6.61 Å². The molecule has 0 amide bonds. The molecule has 0 saturated carbocycles. The average molecular weight is 238 g/mol. The molecule has 18 heavy (non-hydrogen) atoms. The standard InChI is InChI=1S/C16H14O2/c17-16(12-11-14-7-3-1-4-8-14)18-13-15-9-5-2-6-10-15/h1-12H,13H2. The highest BCUT2D eigenvalue weighted by molar-refractivity contribution is 5.86. The van der Waals surface area contributed by atoms with Crippen LogP contribution in [0.5, 0.6) is 0 Å². The molecule has 0 aliphatic carbocycles. The summed E-state index contributed by atoms with van der Waals surface area (Å²) in [7, 11) is 0. The summed E-state index contributed by atoms with van der Waals surface area (Å²) in [6.45, 7) is 0.304. The van der Waals surface area contributed by atoms with E-state index in [2.05, 4.69) is 0 Å². The fraction of sp³-hybridized carbons (Fsp3) is 0.0625. The lowest BCUT2D eigenvalue weighted by Crippen LogP contribution is -2.00. The van der Waals surface area contributed by atoms with E-state index in [0.717, 1.165) is 11.1 Å². The zero-order valence-corrected chi connectivity index (χ0v) is 9.95. The van der Waals surface area contributed by atoms with Crippen LogP contribution in [0.15, 0.2) is 66.7 Å². The molecule has 0 spiro atoms. The Morgan fingerprint density at radius 3 is 2.22 bits per heavy atom. The van der Waals surface area contributed by atoms with Gasteiger partial charge in [-0.15, -0.1) is 0 Å². The lowest BCUT2D eigenvalue weighted by molar-refractivity contribution is -0.138. The highest BCUT2D eigenvalue weighted by Gasteiger charge is 1.97. The van der Waals surface area contributed by atoms with Crippen LogP contribution in [0.1, 0.15) is 11.1 Å². The lowest BCUT2D eigenvalue weighted by atomic mass is 10.2.